The Balaban J connectivity index is 1.54. The molecule has 0 saturated carbocycles. The number of nitrogens with one attached hydrogen (secondary N) is 1. The summed E-state index contributed by atoms with van der Waals surface area (Å²) in [6, 6.07) is 4.45. The second-order valence-corrected chi connectivity index (χ2v) is 10.5. The Kier molecular flexibility index (Phi) is 5.39. The predicted molar refractivity (Wildman–Crippen MR) is 125 cm³/mol. The van der Waals surface area contributed by atoms with Gasteiger partial charge in [0.1, 0.15) is 11.6 Å². The number of fused-ring (bicyclic) bond motifs is 1. The molecule has 3 fully saturated rings. The Labute approximate surface area is 189 Å². The Morgan fingerprint density at radius 3 is 2.53 bits per heavy atom. The van der Waals surface area contributed by atoms with Gasteiger partial charge in [-0.2, -0.15) is 9.61 Å². The summed E-state index contributed by atoms with van der Waals surface area (Å²) in [6.45, 7) is 11.2. The topological polar surface area (TPSA) is 89.2 Å². The fraction of sp³-hybridized carbons (Fsp3) is 0.696. The van der Waals surface area contributed by atoms with Crippen molar-refractivity contribution in [2.45, 2.75) is 58.5 Å². The van der Waals surface area contributed by atoms with Gasteiger partial charge in [-0.15, -0.1) is 0 Å². The summed E-state index contributed by atoms with van der Waals surface area (Å²) in [5, 5.41) is 18.4. The fourth-order valence-electron chi connectivity index (χ4n) is 5.13. The molecule has 32 heavy (non-hydrogen) atoms. The maximum Gasteiger partial charge on any atom is 0.407 e. The zero-order valence-electron chi connectivity index (χ0n) is 19.4. The Hall–Kier alpha value is -2.55. The van der Waals surface area contributed by atoms with Crippen molar-refractivity contribution in [3.05, 3.63) is 17.8 Å². The number of piperazine rings is 1. The van der Waals surface area contributed by atoms with Crippen molar-refractivity contribution in [3.63, 3.8) is 0 Å². The molecule has 1 amide bonds. The molecule has 0 bridgehead atoms. The second kappa shape index (κ2) is 8.10. The summed E-state index contributed by atoms with van der Waals surface area (Å²) >= 11 is 0. The van der Waals surface area contributed by atoms with E-state index in [1.54, 1.807) is 4.90 Å². The molecule has 9 heteroatoms. The number of amides is 1. The highest BCUT2D eigenvalue weighted by Gasteiger charge is 2.39. The van der Waals surface area contributed by atoms with E-state index in [4.69, 9.17) is 10.1 Å². The van der Waals surface area contributed by atoms with E-state index in [0.717, 1.165) is 49.0 Å². The molecular formula is C23H35N7O2. The number of rotatable bonds is 3. The van der Waals surface area contributed by atoms with Crippen molar-refractivity contribution in [2.75, 3.05) is 49.1 Å². The lowest BCUT2D eigenvalue weighted by Crippen LogP contribution is -2.59. The Morgan fingerprint density at radius 1 is 1.09 bits per heavy atom. The zero-order valence-corrected chi connectivity index (χ0v) is 19.4. The van der Waals surface area contributed by atoms with Crippen molar-refractivity contribution in [1.29, 1.82) is 0 Å². The minimum atomic E-state index is -0.838. The van der Waals surface area contributed by atoms with E-state index in [2.05, 4.69) is 48.0 Å². The van der Waals surface area contributed by atoms with Crippen molar-refractivity contribution < 1.29 is 9.90 Å². The van der Waals surface area contributed by atoms with Gasteiger partial charge < -0.3 is 25.1 Å². The van der Waals surface area contributed by atoms with Crippen molar-refractivity contribution in [3.8, 4) is 0 Å². The van der Waals surface area contributed by atoms with Crippen LogP contribution in [0, 0.1) is 5.41 Å². The highest BCUT2D eigenvalue weighted by atomic mass is 16.4. The number of anilines is 2. The molecule has 5 heterocycles. The third-order valence-electron chi connectivity index (χ3n) is 7.21. The molecule has 0 aromatic carbocycles. The highest BCUT2D eigenvalue weighted by Crippen LogP contribution is 2.33. The van der Waals surface area contributed by atoms with Crippen LogP contribution in [0.5, 0.6) is 0 Å². The average Bonchev–Trinajstić information content (AvgIpc) is 3.16. The first-order valence-electron chi connectivity index (χ1n) is 11.9. The largest absolute Gasteiger partial charge is 0.465 e. The summed E-state index contributed by atoms with van der Waals surface area (Å²) in [5.74, 6) is 2.01. The normalized spacial score (nSPS) is 24.7. The van der Waals surface area contributed by atoms with Crippen LogP contribution < -0.4 is 15.1 Å². The predicted octanol–water partition coefficient (Wildman–Crippen LogP) is 2.97. The maximum absolute atomic E-state index is 11.9. The van der Waals surface area contributed by atoms with Crippen LogP contribution in [0.15, 0.2) is 12.1 Å². The molecule has 0 radical (unpaired) electrons. The quantitative estimate of drug-likeness (QED) is 0.757. The lowest BCUT2D eigenvalue weighted by atomic mass is 9.84. The number of aromatic nitrogens is 3. The molecule has 2 unspecified atom stereocenters. The van der Waals surface area contributed by atoms with Gasteiger partial charge in [-0.25, -0.2) is 9.78 Å². The molecule has 0 aliphatic carbocycles. The van der Waals surface area contributed by atoms with Crippen LogP contribution in [-0.4, -0.2) is 76.0 Å². The third-order valence-corrected chi connectivity index (χ3v) is 7.21. The molecule has 3 aliphatic rings. The minimum Gasteiger partial charge on any atom is -0.465 e. The van der Waals surface area contributed by atoms with Crippen LogP contribution in [0.25, 0.3) is 5.65 Å². The molecule has 2 aromatic rings. The van der Waals surface area contributed by atoms with E-state index < -0.39 is 6.09 Å². The summed E-state index contributed by atoms with van der Waals surface area (Å²) < 4.78 is 1.98. The summed E-state index contributed by atoms with van der Waals surface area (Å²) in [4.78, 5) is 23.1. The first-order valence-corrected chi connectivity index (χ1v) is 11.9. The lowest BCUT2D eigenvalue weighted by molar-refractivity contribution is 0.0746. The maximum atomic E-state index is 11.9. The Bertz CT molecular complexity index is 988. The molecule has 174 valence electrons. The smallest absolute Gasteiger partial charge is 0.407 e. The van der Waals surface area contributed by atoms with Crippen molar-refractivity contribution in [1.82, 2.24) is 24.8 Å². The number of nitrogens with zero attached hydrogens (tertiary/aromatic N) is 6. The van der Waals surface area contributed by atoms with E-state index in [0.29, 0.717) is 19.6 Å². The highest BCUT2D eigenvalue weighted by molar-refractivity contribution is 5.67. The molecular weight excluding hydrogens is 406 g/mol. The first kappa shape index (κ1) is 21.3. The third kappa shape index (κ3) is 3.87. The molecule has 3 saturated heterocycles. The van der Waals surface area contributed by atoms with E-state index in [9.17, 15) is 9.90 Å². The average molecular weight is 442 g/mol. The minimum absolute atomic E-state index is 0.0977. The van der Waals surface area contributed by atoms with Crippen LogP contribution in [0.1, 0.15) is 58.2 Å². The van der Waals surface area contributed by atoms with Crippen LogP contribution >= 0.6 is 0 Å². The van der Waals surface area contributed by atoms with Crippen LogP contribution in [0.2, 0.25) is 0 Å². The lowest BCUT2D eigenvalue weighted by Gasteiger charge is -2.46. The second-order valence-electron chi connectivity index (χ2n) is 10.5. The zero-order chi connectivity index (χ0) is 22.5. The van der Waals surface area contributed by atoms with Gasteiger partial charge in [0.25, 0.3) is 0 Å². The van der Waals surface area contributed by atoms with E-state index in [1.807, 2.05) is 4.52 Å². The van der Waals surface area contributed by atoms with Gasteiger partial charge in [0, 0.05) is 44.9 Å². The SMILES string of the molecule is CC(C)(C)C1CN(c2cc(N3CCC3)nc3cc(C4CCCCN4)nn23)CCN1C(=O)O. The molecule has 2 N–H and O–H groups in total. The summed E-state index contributed by atoms with van der Waals surface area (Å²) in [7, 11) is 0. The molecule has 9 nitrogen and oxygen atoms in total. The monoisotopic (exact) mass is 441 g/mol. The molecule has 2 aromatic heterocycles. The fourth-order valence-corrected chi connectivity index (χ4v) is 5.13. The van der Waals surface area contributed by atoms with Gasteiger partial charge in [-0.05, 0) is 31.2 Å². The van der Waals surface area contributed by atoms with E-state index in [1.165, 1.54) is 19.3 Å². The van der Waals surface area contributed by atoms with Crippen molar-refractivity contribution in [2.24, 2.45) is 5.41 Å². The van der Waals surface area contributed by atoms with Crippen LogP contribution in [0.3, 0.4) is 0 Å². The molecule has 3 aliphatic heterocycles. The number of piperidine rings is 1. The van der Waals surface area contributed by atoms with Crippen molar-refractivity contribution >= 4 is 23.4 Å². The molecule has 2 atom stereocenters. The van der Waals surface area contributed by atoms with Gasteiger partial charge in [0.2, 0.25) is 0 Å². The first-order chi connectivity index (χ1) is 15.3. The van der Waals surface area contributed by atoms with Gasteiger partial charge >= 0.3 is 6.09 Å². The van der Waals surface area contributed by atoms with Gasteiger partial charge in [-0.3, -0.25) is 0 Å². The van der Waals surface area contributed by atoms with Gasteiger partial charge in [0.05, 0.1) is 17.8 Å². The standard InChI is InChI=1S/C23H35N7O2/c1-23(2,3)18-15-28(11-12-29(18)22(31)32)21-14-19(27-9-6-10-27)25-20-13-17(26-30(20)21)16-7-4-5-8-24-16/h13-14,16,18,24H,4-12,15H2,1-3H3,(H,31,32). The van der Waals surface area contributed by atoms with E-state index in [-0.39, 0.29) is 17.5 Å². The van der Waals surface area contributed by atoms with Crippen LogP contribution in [-0.2, 0) is 0 Å². The summed E-state index contributed by atoms with van der Waals surface area (Å²) in [6.07, 6.45) is 3.89. The molecule has 0 spiro atoms. The molecule has 5 rings (SSSR count). The summed E-state index contributed by atoms with van der Waals surface area (Å²) in [5.41, 5.74) is 1.76. The van der Waals surface area contributed by atoms with Crippen LogP contribution in [0.4, 0.5) is 16.4 Å². The number of carboxylic acid groups (broad SMARTS) is 1. The Morgan fingerprint density at radius 2 is 1.91 bits per heavy atom. The number of hydrogen-bond acceptors (Lipinski definition) is 6. The van der Waals surface area contributed by atoms with E-state index >= 15 is 0 Å². The number of hydrogen-bond donors (Lipinski definition) is 2. The van der Waals surface area contributed by atoms with Gasteiger partial charge in [0.15, 0.2) is 5.65 Å². The van der Waals surface area contributed by atoms with Gasteiger partial charge in [-0.1, -0.05) is 27.2 Å². The number of carbonyl (C=O) groups is 1.